The third-order valence-electron chi connectivity index (χ3n) is 8.10. The summed E-state index contributed by atoms with van der Waals surface area (Å²) in [6.45, 7) is 4.72. The lowest BCUT2D eigenvalue weighted by atomic mass is 10.1. The maximum atomic E-state index is 13.6. The smallest absolute Gasteiger partial charge is 0.277 e. The predicted octanol–water partition coefficient (Wildman–Crippen LogP) is 8.30. The Bertz CT molecular complexity index is 1750. The molecule has 3 aromatic carbocycles. The van der Waals surface area contributed by atoms with E-state index in [2.05, 4.69) is 36.1 Å². The Hall–Kier alpha value is -3.44. The van der Waals surface area contributed by atoms with Crippen LogP contribution in [0.25, 0.3) is 10.8 Å². The molecule has 1 N–H and O–H groups in total. The summed E-state index contributed by atoms with van der Waals surface area (Å²) in [5, 5.41) is 2.76. The Balaban J connectivity index is 1.41. The molecule has 1 amide bonds. The fraction of sp³-hybridized carbons (Fsp3) is 0.314. The number of benzene rings is 3. The Morgan fingerprint density at radius 2 is 1.56 bits per heavy atom. The molecule has 1 fully saturated rings. The molecule has 0 spiro atoms. The van der Waals surface area contributed by atoms with Crippen molar-refractivity contribution in [2.75, 3.05) is 22.9 Å². The Morgan fingerprint density at radius 1 is 0.889 bits per heavy atom. The van der Waals surface area contributed by atoms with E-state index in [1.807, 2.05) is 71.7 Å². The van der Waals surface area contributed by atoms with Crippen molar-refractivity contribution in [3.8, 4) is 0 Å². The minimum absolute atomic E-state index is 0.105. The van der Waals surface area contributed by atoms with Gasteiger partial charge in [0.2, 0.25) is 0 Å². The fourth-order valence-electron chi connectivity index (χ4n) is 5.47. The van der Waals surface area contributed by atoms with E-state index >= 15 is 0 Å². The van der Waals surface area contributed by atoms with Gasteiger partial charge in [0, 0.05) is 23.7 Å². The van der Waals surface area contributed by atoms with Gasteiger partial charge >= 0.3 is 0 Å². The average Bonchev–Trinajstić information content (AvgIpc) is 3.48. The molecule has 0 radical (unpaired) electrons. The molecule has 7 nitrogen and oxygen atoms in total. The molecule has 45 heavy (non-hydrogen) atoms. The van der Waals surface area contributed by atoms with Gasteiger partial charge in [0.05, 0.1) is 16.0 Å². The highest BCUT2D eigenvalue weighted by atomic mass is 32.2. The molecule has 10 heteroatoms. The lowest BCUT2D eigenvalue weighted by molar-refractivity contribution is -0.122. The Morgan fingerprint density at radius 3 is 2.27 bits per heavy atom. The first kappa shape index (κ1) is 32.9. The SMILES string of the molecule is CCCCCCCN1C(=O)C(=CC=CC=C2Sc3cc4ccccc4cc3N2CCC(C)S(=O)(=O)O)N(c2ccccc2)C1=S. The summed E-state index contributed by atoms with van der Waals surface area (Å²) in [4.78, 5) is 20.3. The average molecular weight is 662 g/mol. The number of hydrogen-bond donors (Lipinski definition) is 1. The van der Waals surface area contributed by atoms with Crippen LogP contribution in [0.2, 0.25) is 0 Å². The third-order valence-corrected chi connectivity index (χ3v) is 10.9. The van der Waals surface area contributed by atoms with Gasteiger partial charge in [-0.15, -0.1) is 0 Å². The highest BCUT2D eigenvalue weighted by Gasteiger charge is 2.38. The molecule has 2 aliphatic rings. The molecule has 0 aliphatic carbocycles. The molecule has 1 unspecified atom stereocenters. The third kappa shape index (κ3) is 7.69. The maximum absolute atomic E-state index is 13.6. The van der Waals surface area contributed by atoms with E-state index in [0.29, 0.717) is 23.9 Å². The predicted molar refractivity (Wildman–Crippen MR) is 190 cm³/mol. The number of para-hydroxylation sites is 1. The van der Waals surface area contributed by atoms with E-state index in [1.54, 1.807) is 16.7 Å². The first-order chi connectivity index (χ1) is 21.7. The minimum Gasteiger partial charge on any atom is -0.335 e. The second kappa shape index (κ2) is 14.8. The van der Waals surface area contributed by atoms with Crippen molar-refractivity contribution in [1.29, 1.82) is 0 Å². The molecular weight excluding hydrogens is 623 g/mol. The van der Waals surface area contributed by atoms with Gasteiger partial charge in [-0.2, -0.15) is 8.42 Å². The van der Waals surface area contributed by atoms with E-state index in [0.717, 1.165) is 51.3 Å². The van der Waals surface area contributed by atoms with Crippen molar-refractivity contribution in [2.24, 2.45) is 0 Å². The number of thiocarbonyl (C=S) groups is 1. The molecule has 2 aliphatic heterocycles. The van der Waals surface area contributed by atoms with Crippen LogP contribution >= 0.6 is 24.0 Å². The van der Waals surface area contributed by atoms with E-state index in [9.17, 15) is 17.8 Å². The van der Waals surface area contributed by atoms with Crippen molar-refractivity contribution < 1.29 is 17.8 Å². The second-order valence-electron chi connectivity index (χ2n) is 11.3. The van der Waals surface area contributed by atoms with Crippen LogP contribution in [0.5, 0.6) is 0 Å². The summed E-state index contributed by atoms with van der Waals surface area (Å²) < 4.78 is 33.0. The van der Waals surface area contributed by atoms with Crippen molar-refractivity contribution >= 4 is 67.3 Å². The molecule has 236 valence electrons. The lowest BCUT2D eigenvalue weighted by Crippen LogP contribution is -2.33. The quantitative estimate of drug-likeness (QED) is 0.0848. The molecule has 3 aromatic rings. The van der Waals surface area contributed by atoms with Crippen molar-refractivity contribution in [3.63, 3.8) is 0 Å². The summed E-state index contributed by atoms with van der Waals surface area (Å²) in [7, 11) is -4.13. The maximum Gasteiger partial charge on any atom is 0.277 e. The normalized spacial score (nSPS) is 17.9. The number of allylic oxidation sites excluding steroid dienone is 4. The van der Waals surface area contributed by atoms with Gasteiger partial charge < -0.3 is 4.90 Å². The Kier molecular flexibility index (Phi) is 10.8. The summed E-state index contributed by atoms with van der Waals surface area (Å²) in [5.41, 5.74) is 2.34. The molecule has 1 atom stereocenters. The molecule has 0 saturated carbocycles. The topological polar surface area (TPSA) is 81.2 Å². The van der Waals surface area contributed by atoms with E-state index in [-0.39, 0.29) is 12.3 Å². The van der Waals surface area contributed by atoms with Gasteiger partial charge in [0.15, 0.2) is 5.11 Å². The zero-order chi connectivity index (χ0) is 32.0. The van der Waals surface area contributed by atoms with Crippen LogP contribution in [0.15, 0.2) is 107 Å². The number of anilines is 2. The highest BCUT2D eigenvalue weighted by molar-refractivity contribution is 8.03. The number of amides is 1. The molecule has 5 rings (SSSR count). The van der Waals surface area contributed by atoms with Crippen LogP contribution in [0, 0.1) is 0 Å². The largest absolute Gasteiger partial charge is 0.335 e. The van der Waals surface area contributed by atoms with Gasteiger partial charge in [0.1, 0.15) is 5.70 Å². The number of carbonyl (C=O) groups is 1. The summed E-state index contributed by atoms with van der Waals surface area (Å²) in [6, 6.07) is 22.1. The Labute approximate surface area is 276 Å². The molecular formula is C35H39N3O4S3. The van der Waals surface area contributed by atoms with Crippen LogP contribution in [-0.2, 0) is 14.9 Å². The van der Waals surface area contributed by atoms with Gasteiger partial charge in [-0.3, -0.25) is 19.1 Å². The van der Waals surface area contributed by atoms with Crippen molar-refractivity contribution in [3.05, 3.63) is 102 Å². The molecule has 1 saturated heterocycles. The fourth-order valence-corrected chi connectivity index (χ4v) is 7.39. The number of carbonyl (C=O) groups excluding carboxylic acids is 1. The van der Waals surface area contributed by atoms with Gasteiger partial charge in [-0.05, 0) is 79.2 Å². The van der Waals surface area contributed by atoms with E-state index in [4.69, 9.17) is 12.2 Å². The number of unbranched alkanes of at least 4 members (excludes halogenated alkanes) is 4. The van der Waals surface area contributed by atoms with Crippen LogP contribution in [0.4, 0.5) is 11.4 Å². The zero-order valence-corrected chi connectivity index (χ0v) is 28.1. The number of nitrogens with zero attached hydrogens (tertiary/aromatic N) is 3. The van der Waals surface area contributed by atoms with Gasteiger partial charge in [-0.25, -0.2) is 0 Å². The summed E-state index contributed by atoms with van der Waals surface area (Å²) in [6.07, 6.45) is 13.3. The number of fused-ring (bicyclic) bond motifs is 2. The van der Waals surface area contributed by atoms with E-state index < -0.39 is 15.4 Å². The molecule has 2 heterocycles. The van der Waals surface area contributed by atoms with Crippen LogP contribution in [0.3, 0.4) is 0 Å². The number of thioether (sulfide) groups is 1. The number of hydrogen-bond acceptors (Lipinski definition) is 6. The standard InChI is InChI=1S/C35H39N3O4S3/c1-3-4-5-6-14-22-37-34(39)30(38(35(37)43)29-17-8-7-9-18-29)19-12-13-20-33-36(23-21-26(2)45(40,41)42)31-24-27-15-10-11-16-28(27)25-32(31)44-33/h7-13,15-20,24-26H,3-6,14,21-23H2,1-2H3,(H,40,41,42). The summed E-state index contributed by atoms with van der Waals surface area (Å²) >= 11 is 7.43. The van der Waals surface area contributed by atoms with Crippen molar-refractivity contribution in [2.45, 2.75) is 62.5 Å². The van der Waals surface area contributed by atoms with Gasteiger partial charge in [-0.1, -0.05) is 99.0 Å². The lowest BCUT2D eigenvalue weighted by Gasteiger charge is -2.22. The van der Waals surface area contributed by atoms with Crippen LogP contribution < -0.4 is 9.80 Å². The minimum atomic E-state index is -4.13. The zero-order valence-electron chi connectivity index (χ0n) is 25.6. The second-order valence-corrected chi connectivity index (χ2v) is 14.6. The first-order valence-electron chi connectivity index (χ1n) is 15.4. The van der Waals surface area contributed by atoms with E-state index in [1.165, 1.54) is 19.8 Å². The van der Waals surface area contributed by atoms with Crippen LogP contribution in [-0.4, -0.2) is 47.2 Å². The summed E-state index contributed by atoms with van der Waals surface area (Å²) in [5.74, 6) is -0.105. The van der Waals surface area contributed by atoms with Crippen LogP contribution in [0.1, 0.15) is 52.4 Å². The monoisotopic (exact) mass is 661 g/mol. The highest BCUT2D eigenvalue weighted by Crippen LogP contribution is 2.47. The molecule has 0 bridgehead atoms. The van der Waals surface area contributed by atoms with Crippen molar-refractivity contribution in [1.82, 2.24) is 4.90 Å². The number of rotatable bonds is 13. The molecule has 0 aromatic heterocycles. The van der Waals surface area contributed by atoms with Gasteiger partial charge in [0.25, 0.3) is 16.0 Å². The first-order valence-corrected chi connectivity index (χ1v) is 18.2.